The smallest absolute Gasteiger partial charge is 0.163 e. The Morgan fingerprint density at radius 1 is 1.26 bits per heavy atom. The van der Waals surface area contributed by atoms with E-state index in [9.17, 15) is 9.18 Å². The van der Waals surface area contributed by atoms with E-state index in [0.29, 0.717) is 12.4 Å². The van der Waals surface area contributed by atoms with Crippen LogP contribution in [0.15, 0.2) is 46.9 Å². The molecule has 2 nitrogen and oxygen atoms in total. The molecule has 0 atom stereocenters. The number of carbonyl (C=O) groups excluding carboxylic acids is 1. The highest BCUT2D eigenvalue weighted by molar-refractivity contribution is 9.10. The Hall–Kier alpha value is -1.68. The molecule has 0 bridgehead atoms. The molecule has 0 saturated heterocycles. The lowest BCUT2D eigenvalue weighted by molar-refractivity contribution is 0.101. The van der Waals surface area contributed by atoms with Crippen molar-refractivity contribution in [1.82, 2.24) is 0 Å². The van der Waals surface area contributed by atoms with Crippen LogP contribution in [0.3, 0.4) is 0 Å². The van der Waals surface area contributed by atoms with Crippen LogP contribution in [0.25, 0.3) is 0 Å². The van der Waals surface area contributed by atoms with Gasteiger partial charge in [0.05, 0.1) is 5.56 Å². The van der Waals surface area contributed by atoms with E-state index >= 15 is 0 Å². The molecule has 0 fully saturated rings. The van der Waals surface area contributed by atoms with E-state index < -0.39 is 5.82 Å². The van der Waals surface area contributed by atoms with Crippen LogP contribution in [0.4, 0.5) is 4.39 Å². The van der Waals surface area contributed by atoms with E-state index in [-0.39, 0.29) is 11.3 Å². The summed E-state index contributed by atoms with van der Waals surface area (Å²) in [4.78, 5) is 11.4. The Labute approximate surface area is 119 Å². The number of ketones is 1. The van der Waals surface area contributed by atoms with E-state index in [0.717, 1.165) is 10.0 Å². The Morgan fingerprint density at radius 2 is 2.05 bits per heavy atom. The molecule has 0 heterocycles. The number of carbonyl (C=O) groups is 1. The highest BCUT2D eigenvalue weighted by atomic mass is 79.9. The number of ether oxygens (including phenoxy) is 1. The zero-order chi connectivity index (χ0) is 13.8. The molecule has 2 aromatic carbocycles. The predicted molar refractivity (Wildman–Crippen MR) is 74.9 cm³/mol. The largest absolute Gasteiger partial charge is 0.488 e. The summed E-state index contributed by atoms with van der Waals surface area (Å²) in [6.07, 6.45) is 0. The Balaban J connectivity index is 2.17. The van der Waals surface area contributed by atoms with Gasteiger partial charge in [-0.05, 0) is 42.8 Å². The molecular formula is C15H12BrFO2. The van der Waals surface area contributed by atoms with Gasteiger partial charge in [0.1, 0.15) is 18.2 Å². The monoisotopic (exact) mass is 322 g/mol. The number of halogens is 2. The van der Waals surface area contributed by atoms with Gasteiger partial charge in [-0.2, -0.15) is 0 Å². The molecule has 0 unspecified atom stereocenters. The maximum Gasteiger partial charge on any atom is 0.163 e. The number of rotatable bonds is 4. The minimum atomic E-state index is -0.444. The van der Waals surface area contributed by atoms with Crippen molar-refractivity contribution in [2.45, 2.75) is 13.5 Å². The van der Waals surface area contributed by atoms with Gasteiger partial charge >= 0.3 is 0 Å². The van der Waals surface area contributed by atoms with E-state index in [1.165, 1.54) is 25.1 Å². The molecule has 0 saturated carbocycles. The van der Waals surface area contributed by atoms with E-state index in [4.69, 9.17) is 4.74 Å². The summed E-state index contributed by atoms with van der Waals surface area (Å²) in [5, 5.41) is 0. The molecule has 0 aromatic heterocycles. The van der Waals surface area contributed by atoms with Crippen LogP contribution in [0.2, 0.25) is 0 Å². The second-order valence-corrected chi connectivity index (χ2v) is 5.03. The molecule has 0 amide bonds. The van der Waals surface area contributed by atoms with Crippen LogP contribution in [0.5, 0.6) is 5.75 Å². The average molecular weight is 323 g/mol. The number of Topliss-reactive ketones (excluding diaryl/α,β-unsaturated/α-hetero) is 1. The zero-order valence-electron chi connectivity index (χ0n) is 10.3. The zero-order valence-corrected chi connectivity index (χ0v) is 11.9. The summed E-state index contributed by atoms with van der Waals surface area (Å²) in [6.45, 7) is 1.71. The van der Waals surface area contributed by atoms with Crippen LogP contribution < -0.4 is 4.74 Å². The van der Waals surface area contributed by atoms with Crippen LogP contribution in [-0.4, -0.2) is 5.78 Å². The van der Waals surface area contributed by atoms with Crippen molar-refractivity contribution in [2.24, 2.45) is 0 Å². The van der Waals surface area contributed by atoms with Crippen molar-refractivity contribution in [2.75, 3.05) is 0 Å². The van der Waals surface area contributed by atoms with Crippen molar-refractivity contribution in [3.63, 3.8) is 0 Å². The standard InChI is InChI=1S/C15H12BrFO2/c1-10(18)14-8-13(17)5-6-15(14)19-9-11-3-2-4-12(16)7-11/h2-8H,9H2,1H3. The minimum Gasteiger partial charge on any atom is -0.488 e. The fourth-order valence-corrected chi connectivity index (χ4v) is 2.14. The maximum atomic E-state index is 13.1. The first-order valence-corrected chi connectivity index (χ1v) is 6.53. The molecule has 0 N–H and O–H groups in total. The summed E-state index contributed by atoms with van der Waals surface area (Å²) in [5.41, 5.74) is 1.23. The highest BCUT2D eigenvalue weighted by Gasteiger charge is 2.10. The quantitative estimate of drug-likeness (QED) is 0.781. The number of hydrogen-bond acceptors (Lipinski definition) is 2. The first kappa shape index (κ1) is 13.7. The topological polar surface area (TPSA) is 26.3 Å². The Bertz CT molecular complexity index is 611. The normalized spacial score (nSPS) is 10.3. The third-order valence-electron chi connectivity index (χ3n) is 2.60. The van der Waals surface area contributed by atoms with E-state index in [1.807, 2.05) is 24.3 Å². The first-order chi connectivity index (χ1) is 9.06. The summed E-state index contributed by atoms with van der Waals surface area (Å²) >= 11 is 3.38. The van der Waals surface area contributed by atoms with Gasteiger partial charge < -0.3 is 4.74 Å². The Kier molecular flexibility index (Phi) is 4.32. The van der Waals surface area contributed by atoms with Crippen molar-refractivity contribution >= 4 is 21.7 Å². The van der Waals surface area contributed by atoms with E-state index in [1.54, 1.807) is 0 Å². The van der Waals surface area contributed by atoms with Crippen molar-refractivity contribution < 1.29 is 13.9 Å². The van der Waals surface area contributed by atoms with Gasteiger partial charge in [0, 0.05) is 4.47 Å². The van der Waals surface area contributed by atoms with Crippen molar-refractivity contribution in [3.8, 4) is 5.75 Å². The molecular weight excluding hydrogens is 311 g/mol. The van der Waals surface area contributed by atoms with Gasteiger partial charge in [-0.15, -0.1) is 0 Å². The van der Waals surface area contributed by atoms with Crippen LogP contribution >= 0.6 is 15.9 Å². The first-order valence-electron chi connectivity index (χ1n) is 5.74. The van der Waals surface area contributed by atoms with Gasteiger partial charge in [0.25, 0.3) is 0 Å². The molecule has 0 spiro atoms. The third-order valence-corrected chi connectivity index (χ3v) is 3.10. The highest BCUT2D eigenvalue weighted by Crippen LogP contribution is 2.22. The van der Waals surface area contributed by atoms with Gasteiger partial charge in [-0.1, -0.05) is 28.1 Å². The fraction of sp³-hybridized carbons (Fsp3) is 0.133. The molecule has 4 heteroatoms. The van der Waals surface area contributed by atoms with Gasteiger partial charge in [-0.25, -0.2) is 4.39 Å². The van der Waals surface area contributed by atoms with Crippen LogP contribution in [-0.2, 0) is 6.61 Å². The summed E-state index contributed by atoms with van der Waals surface area (Å²) < 4.78 is 19.7. The summed E-state index contributed by atoms with van der Waals surface area (Å²) in [6, 6.07) is 11.6. The van der Waals surface area contributed by atoms with Gasteiger partial charge in [0.15, 0.2) is 5.78 Å². The second kappa shape index (κ2) is 5.97. The second-order valence-electron chi connectivity index (χ2n) is 4.12. The predicted octanol–water partition coefficient (Wildman–Crippen LogP) is 4.37. The van der Waals surface area contributed by atoms with Crippen molar-refractivity contribution in [3.05, 3.63) is 63.9 Å². The van der Waals surface area contributed by atoms with Crippen LogP contribution in [0.1, 0.15) is 22.8 Å². The molecule has 2 aromatic rings. The SMILES string of the molecule is CC(=O)c1cc(F)ccc1OCc1cccc(Br)c1. The average Bonchev–Trinajstić information content (AvgIpc) is 2.37. The maximum absolute atomic E-state index is 13.1. The minimum absolute atomic E-state index is 0.219. The lowest BCUT2D eigenvalue weighted by Crippen LogP contribution is -2.02. The lowest BCUT2D eigenvalue weighted by Gasteiger charge is -2.10. The van der Waals surface area contributed by atoms with Gasteiger partial charge in [0.2, 0.25) is 0 Å². The molecule has 0 aliphatic heterocycles. The van der Waals surface area contributed by atoms with E-state index in [2.05, 4.69) is 15.9 Å². The Morgan fingerprint density at radius 3 is 2.74 bits per heavy atom. The summed E-state index contributed by atoms with van der Waals surface area (Å²) in [7, 11) is 0. The van der Waals surface area contributed by atoms with Crippen molar-refractivity contribution in [1.29, 1.82) is 0 Å². The molecule has 98 valence electrons. The number of hydrogen-bond donors (Lipinski definition) is 0. The summed E-state index contributed by atoms with van der Waals surface area (Å²) in [5.74, 6) is -0.266. The molecule has 0 aliphatic rings. The van der Waals surface area contributed by atoms with Gasteiger partial charge in [-0.3, -0.25) is 4.79 Å². The molecule has 0 aliphatic carbocycles. The number of benzene rings is 2. The molecule has 19 heavy (non-hydrogen) atoms. The third kappa shape index (κ3) is 3.64. The van der Waals surface area contributed by atoms with Crippen LogP contribution in [0, 0.1) is 5.82 Å². The fourth-order valence-electron chi connectivity index (χ4n) is 1.69. The lowest BCUT2D eigenvalue weighted by atomic mass is 10.1. The molecule has 0 radical (unpaired) electrons. The molecule has 2 rings (SSSR count).